The van der Waals surface area contributed by atoms with E-state index in [0.29, 0.717) is 0 Å². The number of carbonyl (C=O) groups is 1. The van der Waals surface area contributed by atoms with E-state index in [1.807, 2.05) is 0 Å². The average Bonchev–Trinajstić information content (AvgIpc) is 2.77. The summed E-state index contributed by atoms with van der Waals surface area (Å²) in [5, 5.41) is -7.74. The zero-order valence-electron chi connectivity index (χ0n) is 20.0. The predicted molar refractivity (Wildman–Crippen MR) is 107 cm³/mol. The van der Waals surface area contributed by atoms with Gasteiger partial charge in [-0.15, -0.1) is 10.3 Å². The van der Waals surface area contributed by atoms with E-state index in [-0.39, 0.29) is 32.1 Å². The minimum Gasteiger partial charge on any atom is -0.299 e. The number of carbonyl (C=O) groups excluding carboxylic acids is 1. The minimum absolute atomic E-state index is 0.0723. The molecule has 23 heteroatoms. The SMILES string of the molecule is CCCC(=O)CS1(OS(=O)(=O)C(F)(F)C(F)(F)C(F)(F)C(F)(F)C(F)(F)C(F)(F)C(F)(F)C(F)(F)F)CCCCC1. The second kappa shape index (κ2) is 11.0. The lowest BCUT2D eigenvalue weighted by Gasteiger charge is -2.44. The highest BCUT2D eigenvalue weighted by Gasteiger charge is 2.96. The molecule has 0 spiro atoms. The lowest BCUT2D eigenvalue weighted by atomic mass is 9.91. The van der Waals surface area contributed by atoms with Crippen molar-refractivity contribution in [1.82, 2.24) is 0 Å². The molecular weight excluding hydrogens is 667 g/mol. The Kier molecular flexibility index (Phi) is 10.2. The van der Waals surface area contributed by atoms with E-state index in [4.69, 9.17) is 0 Å². The molecule has 0 N–H and O–H groups in total. The van der Waals surface area contributed by atoms with Crippen LogP contribution in [0.15, 0.2) is 0 Å². The van der Waals surface area contributed by atoms with Crippen molar-refractivity contribution < 1.29 is 91.5 Å². The summed E-state index contributed by atoms with van der Waals surface area (Å²) < 4.78 is 257. The monoisotopic (exact) mass is 686 g/mol. The second-order valence-corrected chi connectivity index (χ2v) is 13.9. The molecule has 0 unspecified atom stereocenters. The maximum Gasteiger partial charge on any atom is 0.460 e. The third-order valence-corrected chi connectivity index (χ3v) is 11.4. The molecule has 4 nitrogen and oxygen atoms in total. The highest BCUT2D eigenvalue weighted by atomic mass is 32.3. The van der Waals surface area contributed by atoms with Crippen LogP contribution in [0.1, 0.15) is 39.0 Å². The molecule has 0 atom stereocenters. The number of ketones is 1. The maximum atomic E-state index is 14.4. The van der Waals surface area contributed by atoms with Crippen molar-refractivity contribution in [3.05, 3.63) is 0 Å². The zero-order chi connectivity index (χ0) is 32.9. The van der Waals surface area contributed by atoms with E-state index in [1.54, 1.807) is 0 Å². The van der Waals surface area contributed by atoms with Gasteiger partial charge in [-0.05, 0) is 19.3 Å². The van der Waals surface area contributed by atoms with Crippen LogP contribution in [0, 0.1) is 0 Å². The van der Waals surface area contributed by atoms with Crippen molar-refractivity contribution in [3.63, 3.8) is 0 Å². The molecule has 0 aromatic heterocycles. The molecule has 0 aromatic carbocycles. The summed E-state index contributed by atoms with van der Waals surface area (Å²) in [4.78, 5) is 12.0. The molecule has 1 aliphatic rings. The quantitative estimate of drug-likeness (QED) is 0.188. The molecule has 246 valence electrons. The fourth-order valence-electron chi connectivity index (χ4n) is 3.43. The highest BCUT2D eigenvalue weighted by Crippen LogP contribution is 2.65. The van der Waals surface area contributed by atoms with Crippen LogP contribution in [0.3, 0.4) is 0 Å². The molecule has 0 amide bonds. The first-order chi connectivity index (χ1) is 17.9. The molecule has 1 saturated heterocycles. The Balaban J connectivity index is 3.68. The fourth-order valence-corrected chi connectivity index (χ4v) is 9.15. The van der Waals surface area contributed by atoms with Crippen LogP contribution in [0.4, 0.5) is 74.6 Å². The fraction of sp³-hybridized carbons (Fsp3) is 0.944. The van der Waals surface area contributed by atoms with Gasteiger partial charge in [-0.25, -0.2) is 3.63 Å². The van der Waals surface area contributed by atoms with Crippen LogP contribution >= 0.6 is 10.3 Å². The topological polar surface area (TPSA) is 60.4 Å². The first kappa shape index (κ1) is 37.8. The van der Waals surface area contributed by atoms with E-state index in [0.717, 1.165) is 0 Å². The van der Waals surface area contributed by atoms with Gasteiger partial charge in [0.15, 0.2) is 0 Å². The standard InChI is InChI=1S/C18H19F17O4S2/c1-2-6-10(36)9-40(7-4-3-5-8-40)39-41(37,38)18(34,35)16(29,30)14(25,26)12(21,22)11(19,20)13(23,24)15(27,28)17(31,32)33/h2-9H2,1H3. The summed E-state index contributed by atoms with van der Waals surface area (Å²) in [5.74, 6) is -55.2. The predicted octanol–water partition coefficient (Wildman–Crippen LogP) is 7.57. The van der Waals surface area contributed by atoms with E-state index >= 15 is 0 Å². The van der Waals surface area contributed by atoms with Crippen molar-refractivity contribution in [2.24, 2.45) is 0 Å². The number of Topliss-reactive ketones (excluding diaryl/α,β-unsaturated/α-hetero) is 1. The van der Waals surface area contributed by atoms with Crippen molar-refractivity contribution in [2.45, 2.75) is 86.0 Å². The summed E-state index contributed by atoms with van der Waals surface area (Å²) in [6, 6.07) is 0. The van der Waals surface area contributed by atoms with Gasteiger partial charge in [-0.2, -0.15) is 83.1 Å². The van der Waals surface area contributed by atoms with Gasteiger partial charge in [0.1, 0.15) is 5.78 Å². The largest absolute Gasteiger partial charge is 0.460 e. The van der Waals surface area contributed by atoms with Crippen LogP contribution in [0.2, 0.25) is 0 Å². The molecule has 0 radical (unpaired) electrons. The second-order valence-electron chi connectivity index (χ2n) is 8.85. The molecule has 0 aliphatic carbocycles. The number of alkyl halides is 17. The van der Waals surface area contributed by atoms with Gasteiger partial charge < -0.3 is 0 Å². The van der Waals surface area contributed by atoms with Crippen LogP contribution in [-0.2, 0) is 18.5 Å². The highest BCUT2D eigenvalue weighted by molar-refractivity contribution is 8.33. The molecule has 0 saturated carbocycles. The molecular formula is C18H19F17O4S2. The Morgan fingerprint density at radius 2 is 1.00 bits per heavy atom. The average molecular weight is 686 g/mol. The maximum absolute atomic E-state index is 14.4. The molecule has 1 rings (SSSR count). The number of rotatable bonds is 13. The van der Waals surface area contributed by atoms with Crippen molar-refractivity contribution in [1.29, 1.82) is 0 Å². The Labute approximate surface area is 221 Å². The third-order valence-electron chi connectivity index (χ3n) is 5.73. The Bertz CT molecular complexity index is 1060. The van der Waals surface area contributed by atoms with Gasteiger partial charge in [-0.3, -0.25) is 4.79 Å². The normalized spacial score (nSPS) is 19.7. The lowest BCUT2D eigenvalue weighted by molar-refractivity contribution is -0.458. The minimum atomic E-state index is -8.91. The van der Waals surface area contributed by atoms with Gasteiger partial charge in [0.05, 0.1) is 5.75 Å². The van der Waals surface area contributed by atoms with Crippen LogP contribution in [0.25, 0.3) is 0 Å². The van der Waals surface area contributed by atoms with Crippen molar-refractivity contribution in [3.8, 4) is 0 Å². The molecule has 41 heavy (non-hydrogen) atoms. The van der Waals surface area contributed by atoms with Gasteiger partial charge in [0, 0.05) is 17.9 Å². The molecule has 1 fully saturated rings. The van der Waals surface area contributed by atoms with Gasteiger partial charge >= 0.3 is 57.1 Å². The van der Waals surface area contributed by atoms with E-state index < -0.39 is 90.4 Å². The summed E-state index contributed by atoms with van der Waals surface area (Å²) in [6.07, 6.45) is -8.20. The zero-order valence-corrected chi connectivity index (χ0v) is 21.7. The van der Waals surface area contributed by atoms with Crippen molar-refractivity contribution in [2.75, 3.05) is 17.3 Å². The Hall–Kier alpha value is -1.26. The first-order valence-corrected chi connectivity index (χ1v) is 14.3. The summed E-state index contributed by atoms with van der Waals surface area (Å²) in [5.41, 5.74) is 0. The smallest absolute Gasteiger partial charge is 0.299 e. The van der Waals surface area contributed by atoms with Crippen molar-refractivity contribution >= 4 is 26.2 Å². The van der Waals surface area contributed by atoms with Gasteiger partial charge in [0.25, 0.3) is 0 Å². The van der Waals surface area contributed by atoms with Crippen LogP contribution in [0.5, 0.6) is 0 Å². The third kappa shape index (κ3) is 5.83. The van der Waals surface area contributed by atoms with Crippen LogP contribution < -0.4 is 0 Å². The number of hydrogen-bond acceptors (Lipinski definition) is 4. The van der Waals surface area contributed by atoms with E-state index in [1.165, 1.54) is 6.92 Å². The first-order valence-electron chi connectivity index (χ1n) is 10.8. The lowest BCUT2D eigenvalue weighted by Crippen LogP contribution is -2.75. The van der Waals surface area contributed by atoms with Gasteiger partial charge in [0.2, 0.25) is 0 Å². The number of hydrogen-bond donors (Lipinski definition) is 0. The summed E-state index contributed by atoms with van der Waals surface area (Å²) >= 11 is 0. The Morgan fingerprint density at radius 3 is 1.37 bits per heavy atom. The molecule has 1 aliphatic heterocycles. The summed E-state index contributed by atoms with van der Waals surface area (Å²) in [7, 11) is -11.4. The molecule has 0 bridgehead atoms. The number of halogens is 17. The van der Waals surface area contributed by atoms with Gasteiger partial charge in [-0.1, -0.05) is 13.3 Å². The Morgan fingerprint density at radius 1 is 0.634 bits per heavy atom. The van der Waals surface area contributed by atoms with E-state index in [9.17, 15) is 87.8 Å². The molecule has 1 heterocycles. The van der Waals surface area contributed by atoms with Crippen LogP contribution in [-0.4, -0.2) is 78.4 Å². The molecule has 0 aromatic rings. The van der Waals surface area contributed by atoms with E-state index in [2.05, 4.69) is 3.63 Å². The summed E-state index contributed by atoms with van der Waals surface area (Å²) in [6.45, 7) is 1.40.